The quantitative estimate of drug-likeness (QED) is 0.737. The zero-order chi connectivity index (χ0) is 13.0. The van der Waals surface area contributed by atoms with E-state index in [9.17, 15) is 0 Å². The van der Waals surface area contributed by atoms with Crippen LogP contribution in [0.4, 0.5) is 0 Å². The molecule has 0 fully saturated rings. The van der Waals surface area contributed by atoms with E-state index in [4.69, 9.17) is 4.74 Å². The van der Waals surface area contributed by atoms with Crippen molar-refractivity contribution >= 4 is 12.2 Å². The van der Waals surface area contributed by atoms with Gasteiger partial charge in [0, 0.05) is 0 Å². The van der Waals surface area contributed by atoms with Crippen molar-refractivity contribution in [3.8, 4) is 16.9 Å². The van der Waals surface area contributed by atoms with Gasteiger partial charge in [0.25, 0.3) is 0 Å². The highest BCUT2D eigenvalue weighted by molar-refractivity contribution is 6.70. The van der Waals surface area contributed by atoms with Crippen LogP contribution in [0.5, 0.6) is 5.75 Å². The Hall–Kier alpha value is -1.70. The topological polar surface area (TPSA) is 9.23 Å². The molecule has 0 saturated carbocycles. The predicted octanol–water partition coefficient (Wildman–Crippen LogP) is 3.71. The summed E-state index contributed by atoms with van der Waals surface area (Å²) in [4.78, 5) is 0. The highest BCUT2D eigenvalue weighted by atomic mass is 16.5. The van der Waals surface area contributed by atoms with Gasteiger partial charge in [-0.25, -0.2) is 0 Å². The van der Waals surface area contributed by atoms with Crippen LogP contribution in [0.2, 0.25) is 13.6 Å². The third-order valence-corrected chi connectivity index (χ3v) is 3.08. The summed E-state index contributed by atoms with van der Waals surface area (Å²) in [5, 5.41) is 0. The van der Waals surface area contributed by atoms with Gasteiger partial charge in [-0.2, -0.15) is 0 Å². The van der Waals surface area contributed by atoms with E-state index in [1.54, 1.807) is 0 Å². The molecule has 92 valence electrons. The summed E-state index contributed by atoms with van der Waals surface area (Å²) in [6.45, 7) is 7.72. The second-order valence-corrected chi connectivity index (χ2v) is 4.73. The highest BCUT2D eigenvalue weighted by Crippen LogP contribution is 2.21. The second-order valence-electron chi connectivity index (χ2n) is 4.73. The molecule has 1 nitrogen and oxygen atoms in total. The summed E-state index contributed by atoms with van der Waals surface area (Å²) in [6, 6.07) is 17.0. The minimum atomic E-state index is 0.583. The van der Waals surface area contributed by atoms with Crippen LogP contribution in [0.15, 0.2) is 48.5 Å². The molecule has 2 rings (SSSR count). The fourth-order valence-corrected chi connectivity index (χ4v) is 1.97. The van der Waals surface area contributed by atoms with Gasteiger partial charge in [0.15, 0.2) is 6.71 Å². The number of hydrogen-bond acceptors (Lipinski definition) is 1. The molecule has 0 unspecified atom stereocenters. The van der Waals surface area contributed by atoms with Crippen LogP contribution in [0.1, 0.15) is 6.92 Å². The average Bonchev–Trinajstić information content (AvgIpc) is 2.40. The number of ether oxygens (including phenoxy) is 1. The normalized spacial score (nSPS) is 10.2. The van der Waals surface area contributed by atoms with Crippen molar-refractivity contribution in [2.45, 2.75) is 20.6 Å². The van der Waals surface area contributed by atoms with Crippen molar-refractivity contribution in [1.82, 2.24) is 0 Å². The molecule has 2 aromatic rings. The largest absolute Gasteiger partial charge is 0.494 e. The van der Waals surface area contributed by atoms with Crippen LogP contribution in [0, 0.1) is 0 Å². The summed E-state index contributed by atoms with van der Waals surface area (Å²) in [7, 11) is 0. The molecule has 0 aromatic heterocycles. The van der Waals surface area contributed by atoms with Gasteiger partial charge >= 0.3 is 0 Å². The molecule has 0 radical (unpaired) electrons. The summed E-state index contributed by atoms with van der Waals surface area (Å²) in [6.07, 6.45) is 0. The Labute approximate surface area is 110 Å². The SMILES string of the molecule is CCOc1ccc(-c2ccc(B(C)C)cc2)cc1. The number of rotatable bonds is 4. The first-order chi connectivity index (χ1) is 8.70. The Morgan fingerprint density at radius 3 is 1.78 bits per heavy atom. The van der Waals surface area contributed by atoms with Gasteiger partial charge < -0.3 is 4.74 Å². The van der Waals surface area contributed by atoms with E-state index in [0.717, 1.165) is 5.75 Å². The molecule has 0 aliphatic carbocycles. The van der Waals surface area contributed by atoms with Gasteiger partial charge in [0.05, 0.1) is 6.61 Å². The molecule has 0 N–H and O–H groups in total. The Morgan fingerprint density at radius 2 is 1.33 bits per heavy atom. The molecule has 0 amide bonds. The van der Waals surface area contributed by atoms with E-state index in [0.29, 0.717) is 13.3 Å². The van der Waals surface area contributed by atoms with Gasteiger partial charge in [-0.3, -0.25) is 0 Å². The lowest BCUT2D eigenvalue weighted by atomic mass is 9.49. The van der Waals surface area contributed by atoms with Crippen LogP contribution in [-0.4, -0.2) is 13.3 Å². The molecule has 0 aliphatic rings. The summed E-state index contributed by atoms with van der Waals surface area (Å²) >= 11 is 0. The maximum Gasteiger partial charge on any atom is 0.169 e. The minimum absolute atomic E-state index is 0.583. The minimum Gasteiger partial charge on any atom is -0.494 e. The molecule has 0 spiro atoms. The van der Waals surface area contributed by atoms with E-state index in [-0.39, 0.29) is 0 Å². The van der Waals surface area contributed by atoms with E-state index < -0.39 is 0 Å². The molecule has 2 heteroatoms. The smallest absolute Gasteiger partial charge is 0.169 e. The van der Waals surface area contributed by atoms with Crippen molar-refractivity contribution in [3.05, 3.63) is 48.5 Å². The maximum atomic E-state index is 5.45. The zero-order valence-corrected chi connectivity index (χ0v) is 11.3. The van der Waals surface area contributed by atoms with Gasteiger partial charge in [-0.05, 0) is 30.2 Å². The molecule has 0 atom stereocenters. The Morgan fingerprint density at radius 1 is 0.833 bits per heavy atom. The first-order valence-electron chi connectivity index (χ1n) is 6.54. The molecular formula is C16H19BO. The van der Waals surface area contributed by atoms with Crippen molar-refractivity contribution in [1.29, 1.82) is 0 Å². The molecule has 0 heterocycles. The van der Waals surface area contributed by atoms with Crippen LogP contribution in [-0.2, 0) is 0 Å². The Bertz CT molecular complexity index is 486. The molecule has 2 aromatic carbocycles. The Balaban J connectivity index is 2.20. The number of hydrogen-bond donors (Lipinski definition) is 0. The van der Waals surface area contributed by atoms with Crippen LogP contribution < -0.4 is 10.2 Å². The lowest BCUT2D eigenvalue weighted by molar-refractivity contribution is 0.340. The Kier molecular flexibility index (Phi) is 4.09. The van der Waals surface area contributed by atoms with Crippen molar-refractivity contribution in [2.24, 2.45) is 0 Å². The van der Waals surface area contributed by atoms with Gasteiger partial charge in [0.2, 0.25) is 0 Å². The molecular weight excluding hydrogens is 219 g/mol. The monoisotopic (exact) mass is 238 g/mol. The van der Waals surface area contributed by atoms with Gasteiger partial charge in [-0.1, -0.05) is 55.5 Å². The van der Waals surface area contributed by atoms with Crippen molar-refractivity contribution in [3.63, 3.8) is 0 Å². The molecule has 0 aliphatic heterocycles. The average molecular weight is 238 g/mol. The summed E-state index contributed by atoms with van der Waals surface area (Å²) in [5.41, 5.74) is 3.86. The van der Waals surface area contributed by atoms with Crippen LogP contribution in [0.3, 0.4) is 0 Å². The fourth-order valence-electron chi connectivity index (χ4n) is 1.97. The van der Waals surface area contributed by atoms with E-state index in [2.05, 4.69) is 50.0 Å². The fraction of sp³-hybridized carbons (Fsp3) is 0.250. The highest BCUT2D eigenvalue weighted by Gasteiger charge is 2.03. The molecule has 0 bridgehead atoms. The lowest BCUT2D eigenvalue weighted by Crippen LogP contribution is -2.21. The van der Waals surface area contributed by atoms with Crippen molar-refractivity contribution in [2.75, 3.05) is 6.61 Å². The van der Waals surface area contributed by atoms with Crippen molar-refractivity contribution < 1.29 is 4.74 Å². The predicted molar refractivity (Wildman–Crippen MR) is 80.2 cm³/mol. The third kappa shape index (κ3) is 2.95. The first kappa shape index (κ1) is 12.8. The van der Waals surface area contributed by atoms with Crippen LogP contribution >= 0.6 is 0 Å². The first-order valence-corrected chi connectivity index (χ1v) is 6.54. The lowest BCUT2D eigenvalue weighted by Gasteiger charge is -2.07. The van der Waals surface area contributed by atoms with E-state index in [1.807, 2.05) is 19.1 Å². The van der Waals surface area contributed by atoms with Gasteiger partial charge in [0.1, 0.15) is 5.75 Å². The number of benzene rings is 2. The summed E-state index contributed by atoms with van der Waals surface area (Å²) < 4.78 is 5.45. The maximum absolute atomic E-state index is 5.45. The zero-order valence-electron chi connectivity index (χ0n) is 11.3. The van der Waals surface area contributed by atoms with Gasteiger partial charge in [-0.15, -0.1) is 0 Å². The third-order valence-electron chi connectivity index (χ3n) is 3.08. The van der Waals surface area contributed by atoms with Crippen LogP contribution in [0.25, 0.3) is 11.1 Å². The molecule has 18 heavy (non-hydrogen) atoms. The standard InChI is InChI=1S/C16H19BO/c1-4-18-16-11-7-14(8-12-16)13-5-9-15(10-6-13)17(2)3/h5-12H,4H2,1-3H3. The second kappa shape index (κ2) is 5.77. The van der Waals surface area contributed by atoms with E-state index in [1.165, 1.54) is 16.6 Å². The molecule has 0 saturated heterocycles. The summed E-state index contributed by atoms with van der Waals surface area (Å²) in [5.74, 6) is 0.931. The van der Waals surface area contributed by atoms with E-state index >= 15 is 0 Å².